The number of benzene rings is 1. The first-order chi connectivity index (χ1) is 12.7. The van der Waals surface area contributed by atoms with E-state index in [1.807, 2.05) is 37.3 Å². The summed E-state index contributed by atoms with van der Waals surface area (Å²) >= 11 is 0.867. The Morgan fingerprint density at radius 2 is 1.93 bits per heavy atom. The van der Waals surface area contributed by atoms with Crippen molar-refractivity contribution in [2.24, 2.45) is 10.9 Å². The average molecular weight is 403 g/mol. The summed E-state index contributed by atoms with van der Waals surface area (Å²) in [6.45, 7) is 3.45. The first kappa shape index (κ1) is 19.2. The van der Waals surface area contributed by atoms with Crippen molar-refractivity contribution in [1.82, 2.24) is 9.97 Å². The zero-order valence-corrected chi connectivity index (χ0v) is 16.3. The third-order valence-corrected chi connectivity index (χ3v) is 6.86. The summed E-state index contributed by atoms with van der Waals surface area (Å²) in [6.07, 6.45) is 1.71. The maximum absolute atomic E-state index is 12.1. The topological polar surface area (TPSA) is 129 Å². The highest BCUT2D eigenvalue weighted by Gasteiger charge is 2.28. The van der Waals surface area contributed by atoms with Gasteiger partial charge in [-0.3, -0.25) is 9.78 Å². The molecule has 0 aliphatic carbocycles. The second-order valence-electron chi connectivity index (χ2n) is 6.09. The molecule has 4 N–H and O–H groups in total. The first-order valence-corrected chi connectivity index (χ1v) is 10.4. The maximum atomic E-state index is 12.1. The van der Waals surface area contributed by atoms with Gasteiger partial charge in [-0.05, 0) is 37.1 Å². The molecule has 3 aromatic rings. The lowest BCUT2D eigenvalue weighted by molar-refractivity contribution is -0.118. The van der Waals surface area contributed by atoms with E-state index in [-0.39, 0.29) is 9.90 Å². The van der Waals surface area contributed by atoms with E-state index < -0.39 is 21.8 Å². The molecule has 0 saturated carbocycles. The van der Waals surface area contributed by atoms with Crippen molar-refractivity contribution in [3.05, 3.63) is 64.4 Å². The van der Waals surface area contributed by atoms with Crippen molar-refractivity contribution >= 4 is 27.3 Å². The van der Waals surface area contributed by atoms with Crippen LogP contribution < -0.4 is 10.9 Å². The van der Waals surface area contributed by atoms with Crippen molar-refractivity contribution in [1.29, 1.82) is 0 Å². The molecule has 9 heteroatoms. The maximum Gasteiger partial charge on any atom is 0.249 e. The molecule has 3 rings (SSSR count). The van der Waals surface area contributed by atoms with Crippen LogP contribution in [0.3, 0.4) is 0 Å². The number of carbonyl (C=O) groups is 1. The SMILES string of the molecule is Cc1cc(C(C(N)=O)c2nc(C)c(S(N)(=O)=O)s2)ccc1-c1ccccn1. The molecule has 1 aromatic carbocycles. The zero-order chi connectivity index (χ0) is 19.8. The van der Waals surface area contributed by atoms with Crippen molar-refractivity contribution in [3.63, 3.8) is 0 Å². The van der Waals surface area contributed by atoms with Crippen molar-refractivity contribution in [3.8, 4) is 11.3 Å². The second kappa shape index (κ2) is 7.18. The van der Waals surface area contributed by atoms with Crippen LogP contribution in [0.2, 0.25) is 0 Å². The summed E-state index contributed by atoms with van der Waals surface area (Å²) < 4.78 is 23.3. The van der Waals surface area contributed by atoms with Gasteiger partial charge in [0.2, 0.25) is 15.9 Å². The Labute approximate surface area is 161 Å². The molecule has 0 radical (unpaired) electrons. The van der Waals surface area contributed by atoms with E-state index in [1.165, 1.54) is 6.92 Å². The summed E-state index contributed by atoms with van der Waals surface area (Å²) in [7, 11) is -3.91. The van der Waals surface area contributed by atoms with Crippen LogP contribution in [0.4, 0.5) is 0 Å². The highest BCUT2D eigenvalue weighted by atomic mass is 32.2. The fourth-order valence-electron chi connectivity index (χ4n) is 2.89. The standard InChI is InChI=1S/C18H18N4O3S2/c1-10-9-12(6-7-13(10)14-5-3-4-8-21-14)15(16(19)23)17-22-11(2)18(26-17)27(20,24)25/h3-9,15H,1-2H3,(H2,19,23)(H2,20,24,25). The number of thiazole rings is 1. The molecule has 7 nitrogen and oxygen atoms in total. The van der Waals surface area contributed by atoms with Gasteiger partial charge in [0.05, 0.1) is 11.4 Å². The lowest BCUT2D eigenvalue weighted by atomic mass is 9.94. The van der Waals surface area contributed by atoms with E-state index in [1.54, 1.807) is 12.3 Å². The number of amides is 1. The highest BCUT2D eigenvalue weighted by Crippen LogP contribution is 2.34. The van der Waals surface area contributed by atoms with E-state index in [2.05, 4.69) is 9.97 Å². The molecule has 0 bridgehead atoms. The molecular weight excluding hydrogens is 384 g/mol. The molecule has 1 unspecified atom stereocenters. The number of aromatic nitrogens is 2. The van der Waals surface area contributed by atoms with E-state index in [9.17, 15) is 13.2 Å². The monoisotopic (exact) mass is 402 g/mol. The molecule has 0 aliphatic heterocycles. The highest BCUT2D eigenvalue weighted by molar-refractivity contribution is 7.91. The number of pyridine rings is 1. The van der Waals surface area contributed by atoms with Gasteiger partial charge in [-0.15, -0.1) is 11.3 Å². The normalized spacial score (nSPS) is 12.7. The van der Waals surface area contributed by atoms with Gasteiger partial charge in [-0.25, -0.2) is 18.5 Å². The summed E-state index contributed by atoms with van der Waals surface area (Å²) in [5.74, 6) is -1.48. The summed E-state index contributed by atoms with van der Waals surface area (Å²) in [5.41, 5.74) is 9.16. The number of rotatable bonds is 5. The smallest absolute Gasteiger partial charge is 0.249 e. The molecule has 2 heterocycles. The number of aryl methyl sites for hydroxylation is 2. The van der Waals surface area contributed by atoms with Gasteiger partial charge in [-0.1, -0.05) is 24.3 Å². The molecule has 0 spiro atoms. The largest absolute Gasteiger partial charge is 0.369 e. The van der Waals surface area contributed by atoms with Crippen LogP contribution >= 0.6 is 11.3 Å². The third kappa shape index (κ3) is 3.90. The van der Waals surface area contributed by atoms with Crippen LogP contribution in [0.25, 0.3) is 11.3 Å². The quantitative estimate of drug-likeness (QED) is 0.675. The minimum absolute atomic E-state index is 0.0643. The summed E-state index contributed by atoms with van der Waals surface area (Å²) in [4.78, 5) is 20.7. The summed E-state index contributed by atoms with van der Waals surface area (Å²) in [5, 5.41) is 5.51. The molecule has 0 aliphatic rings. The Bertz CT molecular complexity index is 1110. The molecule has 1 amide bonds. The van der Waals surface area contributed by atoms with Gasteiger partial charge in [0, 0.05) is 11.8 Å². The minimum atomic E-state index is -3.91. The lowest BCUT2D eigenvalue weighted by Crippen LogP contribution is -2.22. The number of nitrogens with zero attached hydrogens (tertiary/aromatic N) is 2. The van der Waals surface area contributed by atoms with Gasteiger partial charge >= 0.3 is 0 Å². The fourth-order valence-corrected chi connectivity index (χ4v) is 5.01. The van der Waals surface area contributed by atoms with Gasteiger partial charge in [-0.2, -0.15) is 0 Å². The van der Waals surface area contributed by atoms with Crippen LogP contribution in [0.1, 0.15) is 27.7 Å². The zero-order valence-electron chi connectivity index (χ0n) is 14.7. The number of primary amides is 1. The predicted octanol–water partition coefficient (Wildman–Crippen LogP) is 2.09. The van der Waals surface area contributed by atoms with E-state index >= 15 is 0 Å². The Hall–Kier alpha value is -2.62. The molecule has 140 valence electrons. The van der Waals surface area contributed by atoms with Crippen LogP contribution in [-0.4, -0.2) is 24.3 Å². The number of carbonyl (C=O) groups excluding carboxylic acids is 1. The van der Waals surface area contributed by atoms with Crippen molar-refractivity contribution < 1.29 is 13.2 Å². The van der Waals surface area contributed by atoms with Crippen LogP contribution in [0.15, 0.2) is 46.8 Å². The van der Waals surface area contributed by atoms with E-state index in [0.29, 0.717) is 10.6 Å². The fraction of sp³-hybridized carbons (Fsp3) is 0.167. The number of hydrogen-bond donors (Lipinski definition) is 2. The Kier molecular flexibility index (Phi) is 5.09. The predicted molar refractivity (Wildman–Crippen MR) is 104 cm³/mol. The van der Waals surface area contributed by atoms with E-state index in [4.69, 9.17) is 10.9 Å². The second-order valence-corrected chi connectivity index (χ2v) is 8.88. The van der Waals surface area contributed by atoms with Crippen molar-refractivity contribution in [2.75, 3.05) is 0 Å². The molecule has 0 fully saturated rings. The number of hydrogen-bond acceptors (Lipinski definition) is 6. The lowest BCUT2D eigenvalue weighted by Gasteiger charge is -2.14. The summed E-state index contributed by atoms with van der Waals surface area (Å²) in [6, 6.07) is 11.1. The van der Waals surface area contributed by atoms with Crippen LogP contribution in [0, 0.1) is 13.8 Å². The Morgan fingerprint density at radius 1 is 1.19 bits per heavy atom. The van der Waals surface area contributed by atoms with Crippen LogP contribution in [-0.2, 0) is 14.8 Å². The molecular formula is C18H18N4O3S2. The van der Waals surface area contributed by atoms with Gasteiger partial charge in [0.1, 0.15) is 10.9 Å². The number of nitrogens with two attached hydrogens (primary N) is 2. The molecule has 1 atom stereocenters. The molecule has 27 heavy (non-hydrogen) atoms. The van der Waals surface area contributed by atoms with Crippen LogP contribution in [0.5, 0.6) is 0 Å². The van der Waals surface area contributed by atoms with Gasteiger partial charge < -0.3 is 5.73 Å². The Morgan fingerprint density at radius 3 is 2.44 bits per heavy atom. The van der Waals surface area contributed by atoms with E-state index in [0.717, 1.165) is 28.2 Å². The number of sulfonamides is 1. The average Bonchev–Trinajstić information content (AvgIpc) is 2.97. The third-order valence-electron chi connectivity index (χ3n) is 4.09. The molecule has 0 saturated heterocycles. The van der Waals surface area contributed by atoms with Gasteiger partial charge in [0.15, 0.2) is 4.21 Å². The van der Waals surface area contributed by atoms with Crippen molar-refractivity contribution in [2.45, 2.75) is 24.0 Å². The van der Waals surface area contributed by atoms with Gasteiger partial charge in [0.25, 0.3) is 0 Å². The minimum Gasteiger partial charge on any atom is -0.369 e. The number of primary sulfonamides is 1. The Balaban J connectivity index is 2.07. The first-order valence-electron chi connectivity index (χ1n) is 8.00. The molecule has 2 aromatic heterocycles.